The lowest BCUT2D eigenvalue weighted by Crippen LogP contribution is -2.42. The van der Waals surface area contributed by atoms with Gasteiger partial charge in [0.25, 0.3) is 0 Å². The lowest BCUT2D eigenvalue weighted by molar-refractivity contribution is -0.122. The first-order valence-corrected chi connectivity index (χ1v) is 9.10. The zero-order chi connectivity index (χ0) is 18.3. The molecule has 9 nitrogen and oxygen atoms in total. The zero-order valence-electron chi connectivity index (χ0n) is 13.2. The molecule has 0 aliphatic heterocycles. The molecule has 1 aromatic carbocycles. The highest BCUT2D eigenvalue weighted by Crippen LogP contribution is 2.49. The van der Waals surface area contributed by atoms with Crippen LogP contribution in [-0.2, 0) is 9.36 Å². The molecule has 2 atom stereocenters. The third-order valence-corrected chi connectivity index (χ3v) is 4.56. The van der Waals surface area contributed by atoms with E-state index in [-0.39, 0.29) is 11.4 Å². The summed E-state index contributed by atoms with van der Waals surface area (Å²) in [5, 5.41) is 9.62. The van der Waals surface area contributed by atoms with Crippen LogP contribution < -0.4 is 22.5 Å². The summed E-state index contributed by atoms with van der Waals surface area (Å²) in [6.45, 7) is 0.488. The Morgan fingerprint density at radius 1 is 1.25 bits per heavy atom. The van der Waals surface area contributed by atoms with E-state index in [0.717, 1.165) is 6.42 Å². The summed E-state index contributed by atoms with van der Waals surface area (Å²) in [6, 6.07) is 4.84. The Bertz CT molecular complexity index is 616. The summed E-state index contributed by atoms with van der Waals surface area (Å²) in [4.78, 5) is 31.1. The molecular weight excluding hydrogens is 333 g/mol. The molecule has 0 aromatic heterocycles. The Morgan fingerprint density at radius 3 is 2.29 bits per heavy atom. The molecule has 1 aromatic rings. The maximum Gasteiger partial charge on any atom is 0.352 e. The predicted molar refractivity (Wildman–Crippen MR) is 91.3 cm³/mol. The van der Waals surface area contributed by atoms with E-state index < -0.39 is 25.3 Å². The fourth-order valence-electron chi connectivity index (χ4n) is 2.09. The summed E-state index contributed by atoms with van der Waals surface area (Å²) < 4.78 is 11.7. The number of carbonyl (C=O) groups is 1. The molecule has 0 saturated heterocycles. The van der Waals surface area contributed by atoms with E-state index >= 15 is 0 Å². The highest BCUT2D eigenvalue weighted by Gasteiger charge is 2.33. The van der Waals surface area contributed by atoms with Crippen LogP contribution in [0.1, 0.15) is 36.2 Å². The van der Waals surface area contributed by atoms with Crippen LogP contribution >= 0.6 is 7.60 Å². The molecule has 0 fully saturated rings. The smallest absolute Gasteiger partial charge is 0.352 e. The molecule has 0 aliphatic rings. The van der Waals surface area contributed by atoms with Crippen LogP contribution in [0, 0.1) is 5.41 Å². The lowest BCUT2D eigenvalue weighted by atomic mass is 10.1. The molecule has 24 heavy (non-hydrogen) atoms. The number of amidine groups is 1. The van der Waals surface area contributed by atoms with Gasteiger partial charge in [-0.1, -0.05) is 30.7 Å². The minimum atomic E-state index is -4.65. The van der Waals surface area contributed by atoms with Crippen molar-refractivity contribution in [1.82, 2.24) is 5.32 Å². The molecule has 0 radical (unpaired) electrons. The van der Waals surface area contributed by atoms with Gasteiger partial charge in [-0.25, -0.2) is 0 Å². The van der Waals surface area contributed by atoms with E-state index in [0.29, 0.717) is 24.9 Å². The van der Waals surface area contributed by atoms with Crippen LogP contribution in [0.4, 0.5) is 0 Å². The number of carbonyl (C=O) groups excluding carboxylic acids is 1. The highest BCUT2D eigenvalue weighted by molar-refractivity contribution is 7.52. The number of hydrogen-bond donors (Lipinski definition) is 7. The van der Waals surface area contributed by atoms with E-state index in [2.05, 4.69) is 5.32 Å². The summed E-state index contributed by atoms with van der Waals surface area (Å²) in [7, 11) is -4.65. The lowest BCUT2D eigenvalue weighted by Gasteiger charge is -2.22. The highest BCUT2D eigenvalue weighted by atomic mass is 31.2. The maximum atomic E-state index is 12.1. The van der Waals surface area contributed by atoms with Crippen LogP contribution in [0.2, 0.25) is 0 Å². The Hall–Kier alpha value is -1.77. The zero-order valence-corrected chi connectivity index (χ0v) is 14.1. The third kappa shape index (κ3) is 6.03. The van der Waals surface area contributed by atoms with Gasteiger partial charge in [-0.05, 0) is 24.9 Å². The molecule has 0 bridgehead atoms. The Kier molecular flexibility index (Phi) is 7.53. The van der Waals surface area contributed by atoms with Crippen molar-refractivity contribution in [2.45, 2.75) is 31.1 Å². The van der Waals surface area contributed by atoms with Gasteiger partial charge in [-0.2, -0.15) is 0 Å². The molecule has 10 heteroatoms. The average Bonchev–Trinajstić information content (AvgIpc) is 2.51. The molecular formula is C14H24N5O4P. The number of unbranched alkanes of at least 4 members (excludes halogenated alkanes) is 1. The normalized spacial score (nSPS) is 14.0. The van der Waals surface area contributed by atoms with Crippen LogP contribution in [0.15, 0.2) is 24.3 Å². The second-order valence-electron chi connectivity index (χ2n) is 5.43. The summed E-state index contributed by atoms with van der Waals surface area (Å²) in [5.41, 5.74) is 17.1. The Morgan fingerprint density at radius 2 is 1.83 bits per heavy atom. The molecule has 0 aliphatic carbocycles. The van der Waals surface area contributed by atoms with Crippen molar-refractivity contribution < 1.29 is 19.1 Å². The van der Waals surface area contributed by atoms with Gasteiger partial charge in [-0.15, -0.1) is 0 Å². The van der Waals surface area contributed by atoms with Crippen molar-refractivity contribution in [1.29, 1.82) is 5.41 Å². The monoisotopic (exact) mass is 357 g/mol. The van der Waals surface area contributed by atoms with Crippen molar-refractivity contribution in [2.75, 3.05) is 6.54 Å². The molecule has 10 N–H and O–H groups in total. The van der Waals surface area contributed by atoms with Gasteiger partial charge in [0.2, 0.25) is 5.91 Å². The van der Waals surface area contributed by atoms with E-state index in [4.69, 9.17) is 22.6 Å². The molecule has 134 valence electrons. The SMILES string of the molecule is N=C(N)c1ccc(C(NC(=O)[C@@H](N)CCCCN)P(=O)(O)O)cc1. The van der Waals surface area contributed by atoms with Crippen molar-refractivity contribution in [2.24, 2.45) is 17.2 Å². The number of rotatable bonds is 9. The van der Waals surface area contributed by atoms with Gasteiger partial charge in [-0.3, -0.25) is 14.8 Å². The minimum absolute atomic E-state index is 0.166. The van der Waals surface area contributed by atoms with Crippen molar-refractivity contribution in [3.05, 3.63) is 35.4 Å². The topological polar surface area (TPSA) is 189 Å². The average molecular weight is 357 g/mol. The number of nitrogens with two attached hydrogens (primary N) is 3. The van der Waals surface area contributed by atoms with Crippen molar-refractivity contribution in [3.8, 4) is 0 Å². The maximum absolute atomic E-state index is 12.1. The number of nitrogens with one attached hydrogen (secondary N) is 2. The second-order valence-corrected chi connectivity index (χ2v) is 7.12. The van der Waals surface area contributed by atoms with Gasteiger partial charge in [0.05, 0.1) is 6.04 Å². The molecule has 0 saturated carbocycles. The number of amides is 1. The van der Waals surface area contributed by atoms with Crippen molar-refractivity contribution in [3.63, 3.8) is 0 Å². The first kappa shape index (κ1) is 20.3. The van der Waals surface area contributed by atoms with Gasteiger partial charge in [0, 0.05) is 5.56 Å². The first-order valence-electron chi connectivity index (χ1n) is 7.42. The molecule has 1 rings (SSSR count). The number of nitrogen functional groups attached to an aromatic ring is 1. The first-order chi connectivity index (χ1) is 11.2. The minimum Gasteiger partial charge on any atom is -0.384 e. The van der Waals surface area contributed by atoms with Crippen LogP contribution in [-0.4, -0.2) is 34.1 Å². The Balaban J connectivity index is 2.88. The summed E-state index contributed by atoms with van der Waals surface area (Å²) >= 11 is 0. The number of benzene rings is 1. The predicted octanol–water partition coefficient (Wildman–Crippen LogP) is -0.281. The largest absolute Gasteiger partial charge is 0.384 e. The van der Waals surface area contributed by atoms with Crippen molar-refractivity contribution >= 4 is 19.3 Å². The quantitative estimate of drug-likeness (QED) is 0.137. The third-order valence-electron chi connectivity index (χ3n) is 3.46. The fraction of sp³-hybridized carbons (Fsp3) is 0.429. The fourth-order valence-corrected chi connectivity index (χ4v) is 2.94. The summed E-state index contributed by atoms with van der Waals surface area (Å²) in [5.74, 6) is -2.32. The van der Waals surface area contributed by atoms with E-state index in [1.807, 2.05) is 0 Å². The van der Waals surface area contributed by atoms with Gasteiger partial charge in [0.15, 0.2) is 5.78 Å². The van der Waals surface area contributed by atoms with E-state index in [1.54, 1.807) is 0 Å². The molecule has 1 amide bonds. The van der Waals surface area contributed by atoms with Crippen LogP contribution in [0.25, 0.3) is 0 Å². The number of hydrogen-bond acceptors (Lipinski definition) is 5. The van der Waals surface area contributed by atoms with Crippen LogP contribution in [0.3, 0.4) is 0 Å². The van der Waals surface area contributed by atoms with Crippen LogP contribution in [0.5, 0.6) is 0 Å². The second kappa shape index (κ2) is 8.91. The van der Waals surface area contributed by atoms with Gasteiger partial charge >= 0.3 is 7.60 Å². The van der Waals surface area contributed by atoms with E-state index in [9.17, 15) is 19.1 Å². The van der Waals surface area contributed by atoms with Gasteiger partial charge in [0.1, 0.15) is 5.84 Å². The molecule has 0 spiro atoms. The van der Waals surface area contributed by atoms with Gasteiger partial charge < -0.3 is 32.3 Å². The van der Waals surface area contributed by atoms with E-state index in [1.165, 1.54) is 24.3 Å². The molecule has 0 heterocycles. The Labute approximate surface area is 140 Å². The standard InChI is InChI=1S/C14H24N5O4P/c15-8-2-1-3-11(16)13(20)19-14(24(21,22)23)10-6-4-9(5-7-10)12(17)18/h4-7,11,14H,1-3,8,15-16H2,(H3,17,18)(H,19,20)(H2,21,22,23)/t11-,14?/m0/s1. The summed E-state index contributed by atoms with van der Waals surface area (Å²) in [6.07, 6.45) is 1.74. The molecule has 1 unspecified atom stereocenters.